The summed E-state index contributed by atoms with van der Waals surface area (Å²) in [6.07, 6.45) is 1.10. The van der Waals surface area contributed by atoms with Crippen LogP contribution in [0.1, 0.15) is 26.7 Å². The van der Waals surface area contributed by atoms with Crippen LogP contribution in [0.2, 0.25) is 0 Å². The van der Waals surface area contributed by atoms with Crippen molar-refractivity contribution in [3.05, 3.63) is 30.1 Å². The van der Waals surface area contributed by atoms with Gasteiger partial charge in [-0.3, -0.25) is 0 Å². The molecule has 7 heteroatoms. The predicted octanol–water partition coefficient (Wildman–Crippen LogP) is 2.04. The van der Waals surface area contributed by atoms with Crippen molar-refractivity contribution in [3.63, 3.8) is 0 Å². The number of nitrogens with one attached hydrogen (secondary N) is 1. The summed E-state index contributed by atoms with van der Waals surface area (Å²) < 4.78 is 40.3. The molecule has 0 aliphatic carbocycles. The van der Waals surface area contributed by atoms with E-state index >= 15 is 0 Å². The zero-order chi connectivity index (χ0) is 13.8. The van der Waals surface area contributed by atoms with E-state index in [2.05, 4.69) is 4.72 Å². The lowest BCUT2D eigenvalue weighted by molar-refractivity contribution is 0.362. The van der Waals surface area contributed by atoms with Crippen molar-refractivity contribution in [1.29, 1.82) is 0 Å². The molecule has 1 aromatic carbocycles. The van der Waals surface area contributed by atoms with Gasteiger partial charge in [0.15, 0.2) is 0 Å². The second-order valence-electron chi connectivity index (χ2n) is 4.23. The molecule has 1 rings (SSSR count). The predicted molar refractivity (Wildman–Crippen MR) is 76.3 cm³/mol. The van der Waals surface area contributed by atoms with Crippen LogP contribution in [0.4, 0.5) is 4.39 Å². The lowest BCUT2D eigenvalue weighted by Gasteiger charge is -2.31. The Morgan fingerprint density at radius 1 is 1.26 bits per heavy atom. The molecule has 0 bridgehead atoms. The normalized spacial score (nSPS) is 12.0. The minimum atomic E-state index is -3.89. The van der Waals surface area contributed by atoms with Crippen LogP contribution in [0, 0.1) is 5.82 Å². The Morgan fingerprint density at radius 3 is 2.21 bits per heavy atom. The first-order valence-electron chi connectivity index (χ1n) is 5.89. The summed E-state index contributed by atoms with van der Waals surface area (Å²) >= 11 is 0. The fraction of sp³-hybridized carbons (Fsp3) is 0.500. The van der Waals surface area contributed by atoms with Crippen LogP contribution in [0.3, 0.4) is 0 Å². The summed E-state index contributed by atoms with van der Waals surface area (Å²) in [5.74, 6) is -0.761. The number of hydrogen-bond acceptors (Lipinski definition) is 3. The van der Waals surface area contributed by atoms with Crippen LogP contribution in [0.25, 0.3) is 0 Å². The highest BCUT2D eigenvalue weighted by Crippen LogP contribution is 2.20. The van der Waals surface area contributed by atoms with Crippen LogP contribution in [-0.4, -0.2) is 20.5 Å². The topological polar surface area (TPSA) is 72.2 Å². The molecule has 3 N–H and O–H groups in total. The van der Waals surface area contributed by atoms with E-state index in [1.807, 2.05) is 13.8 Å². The Hall–Kier alpha value is -0.690. The summed E-state index contributed by atoms with van der Waals surface area (Å²) in [5, 5.41) is 0. The van der Waals surface area contributed by atoms with Crippen molar-refractivity contribution in [2.75, 3.05) is 6.54 Å². The maximum atomic E-state index is 13.5. The number of halogens is 2. The lowest BCUT2D eigenvalue weighted by Crippen LogP contribution is -2.52. The summed E-state index contributed by atoms with van der Waals surface area (Å²) in [5.41, 5.74) is 4.91. The average Bonchev–Trinajstić information content (AvgIpc) is 2.36. The Labute approximate surface area is 120 Å². The van der Waals surface area contributed by atoms with Crippen LogP contribution in [0.15, 0.2) is 29.2 Å². The Kier molecular flexibility index (Phi) is 6.93. The highest BCUT2D eigenvalue weighted by atomic mass is 35.5. The van der Waals surface area contributed by atoms with Crippen molar-refractivity contribution < 1.29 is 12.8 Å². The molecule has 1 aromatic rings. The van der Waals surface area contributed by atoms with Gasteiger partial charge in [-0.2, -0.15) is 0 Å². The third kappa shape index (κ3) is 4.14. The second-order valence-corrected chi connectivity index (χ2v) is 5.88. The maximum Gasteiger partial charge on any atom is 0.244 e. The molecule has 0 radical (unpaired) electrons. The first kappa shape index (κ1) is 18.3. The lowest BCUT2D eigenvalue weighted by atomic mass is 9.95. The van der Waals surface area contributed by atoms with E-state index in [-0.39, 0.29) is 23.8 Å². The molecule has 0 saturated carbocycles. The molecule has 0 heterocycles. The molecule has 0 atom stereocenters. The molecule has 0 fully saturated rings. The molecule has 0 aromatic heterocycles. The van der Waals surface area contributed by atoms with Gasteiger partial charge in [0.25, 0.3) is 0 Å². The molecule has 19 heavy (non-hydrogen) atoms. The second kappa shape index (κ2) is 7.19. The van der Waals surface area contributed by atoms with E-state index in [0.717, 1.165) is 6.07 Å². The van der Waals surface area contributed by atoms with Gasteiger partial charge in [0, 0.05) is 12.1 Å². The van der Waals surface area contributed by atoms with E-state index in [0.29, 0.717) is 12.8 Å². The molecule has 0 unspecified atom stereocenters. The minimum absolute atomic E-state index is 0. The quantitative estimate of drug-likeness (QED) is 0.844. The van der Waals surface area contributed by atoms with Crippen molar-refractivity contribution in [2.24, 2.45) is 5.73 Å². The van der Waals surface area contributed by atoms with Gasteiger partial charge < -0.3 is 5.73 Å². The average molecular weight is 311 g/mol. The third-order valence-corrected chi connectivity index (χ3v) is 4.83. The van der Waals surface area contributed by atoms with Crippen molar-refractivity contribution in [2.45, 2.75) is 37.1 Å². The molecule has 4 nitrogen and oxygen atoms in total. The standard InChI is InChI=1S/C12H19FN2O2S.ClH/c1-3-12(4-2,9-14)15-18(16,17)11-8-6-5-7-10(11)13;/h5-8,15H,3-4,9,14H2,1-2H3;1H. The zero-order valence-corrected chi connectivity index (χ0v) is 12.7. The van der Waals surface area contributed by atoms with Crippen molar-refractivity contribution in [3.8, 4) is 0 Å². The Bertz CT molecular complexity index is 496. The van der Waals surface area contributed by atoms with Crippen molar-refractivity contribution >= 4 is 22.4 Å². The van der Waals surface area contributed by atoms with Gasteiger partial charge in [0.2, 0.25) is 10.0 Å². The monoisotopic (exact) mass is 310 g/mol. The molecule has 0 amide bonds. The fourth-order valence-electron chi connectivity index (χ4n) is 1.73. The van der Waals surface area contributed by atoms with Gasteiger partial charge >= 0.3 is 0 Å². The summed E-state index contributed by atoms with van der Waals surface area (Å²) in [7, 11) is -3.89. The molecular weight excluding hydrogens is 291 g/mol. The molecule has 0 aliphatic heterocycles. The first-order valence-corrected chi connectivity index (χ1v) is 7.37. The number of benzene rings is 1. The van der Waals surface area contributed by atoms with Gasteiger partial charge in [-0.1, -0.05) is 26.0 Å². The largest absolute Gasteiger partial charge is 0.329 e. The van der Waals surface area contributed by atoms with Crippen LogP contribution in [0.5, 0.6) is 0 Å². The summed E-state index contributed by atoms with van der Waals surface area (Å²) in [4.78, 5) is -0.343. The van der Waals surface area contributed by atoms with Crippen molar-refractivity contribution in [1.82, 2.24) is 4.72 Å². The number of nitrogens with two attached hydrogens (primary N) is 1. The number of hydrogen-bond donors (Lipinski definition) is 2. The van der Waals surface area contributed by atoms with E-state index in [1.54, 1.807) is 0 Å². The molecule has 0 spiro atoms. The summed E-state index contributed by atoms with van der Waals surface area (Å²) in [6.45, 7) is 3.87. The zero-order valence-electron chi connectivity index (χ0n) is 11.0. The highest BCUT2D eigenvalue weighted by molar-refractivity contribution is 7.89. The maximum absolute atomic E-state index is 13.5. The van der Waals surface area contributed by atoms with Gasteiger partial charge in [-0.15, -0.1) is 12.4 Å². The summed E-state index contributed by atoms with van der Waals surface area (Å²) in [6, 6.07) is 5.30. The SMILES string of the molecule is CCC(CC)(CN)NS(=O)(=O)c1ccccc1F.Cl. The van der Waals surface area contributed by atoms with Gasteiger partial charge in [0.05, 0.1) is 0 Å². The number of sulfonamides is 1. The molecule has 0 saturated heterocycles. The van der Waals surface area contributed by atoms with Crippen LogP contribution in [-0.2, 0) is 10.0 Å². The van der Waals surface area contributed by atoms with E-state index < -0.39 is 21.4 Å². The fourth-order valence-corrected chi connectivity index (χ4v) is 3.36. The van der Waals surface area contributed by atoms with Crippen LogP contribution < -0.4 is 10.5 Å². The van der Waals surface area contributed by atoms with E-state index in [1.165, 1.54) is 18.2 Å². The molecule has 0 aliphatic rings. The Morgan fingerprint density at radius 2 is 1.79 bits per heavy atom. The van der Waals surface area contributed by atoms with Gasteiger partial charge in [-0.25, -0.2) is 17.5 Å². The van der Waals surface area contributed by atoms with Gasteiger partial charge in [0.1, 0.15) is 10.7 Å². The number of rotatable bonds is 6. The smallest absolute Gasteiger partial charge is 0.244 e. The van der Waals surface area contributed by atoms with Gasteiger partial charge in [-0.05, 0) is 25.0 Å². The van der Waals surface area contributed by atoms with E-state index in [4.69, 9.17) is 5.73 Å². The molecular formula is C12H20ClFN2O2S. The molecule has 110 valence electrons. The Balaban J connectivity index is 0.00000324. The minimum Gasteiger partial charge on any atom is -0.329 e. The highest BCUT2D eigenvalue weighted by Gasteiger charge is 2.31. The third-order valence-electron chi connectivity index (χ3n) is 3.22. The van der Waals surface area contributed by atoms with Crippen LogP contribution >= 0.6 is 12.4 Å². The van der Waals surface area contributed by atoms with E-state index in [9.17, 15) is 12.8 Å². The first-order chi connectivity index (χ1) is 8.40.